The minimum Gasteiger partial charge on any atom is -0.381 e. The van der Waals surface area contributed by atoms with Crippen LogP contribution in [-0.4, -0.2) is 25.8 Å². The Kier molecular flexibility index (Phi) is 1.66. The van der Waals surface area contributed by atoms with E-state index in [1.807, 2.05) is 0 Å². The Bertz CT molecular complexity index is 116. The van der Waals surface area contributed by atoms with E-state index in [1.54, 1.807) is 0 Å². The highest BCUT2D eigenvalue weighted by Gasteiger charge is 2.53. The molecular formula is C8H15NO. The highest BCUT2D eigenvalue weighted by atomic mass is 16.5. The van der Waals surface area contributed by atoms with Crippen molar-refractivity contribution in [2.45, 2.75) is 19.4 Å². The van der Waals surface area contributed by atoms with Crippen molar-refractivity contribution >= 4 is 0 Å². The summed E-state index contributed by atoms with van der Waals surface area (Å²) in [7, 11) is 0. The largest absolute Gasteiger partial charge is 0.381 e. The number of ether oxygens (including phenoxy) is 1. The van der Waals surface area contributed by atoms with Crippen molar-refractivity contribution in [3.8, 4) is 0 Å². The maximum atomic E-state index is 5.28. The van der Waals surface area contributed by atoms with E-state index in [0.717, 1.165) is 31.1 Å². The van der Waals surface area contributed by atoms with Gasteiger partial charge in [0.1, 0.15) is 0 Å². The minimum atomic E-state index is 0.814. The van der Waals surface area contributed by atoms with Crippen LogP contribution in [-0.2, 0) is 4.74 Å². The predicted octanol–water partition coefficient (Wildman–Crippen LogP) is 0.631. The van der Waals surface area contributed by atoms with E-state index in [2.05, 4.69) is 12.2 Å². The van der Waals surface area contributed by atoms with Gasteiger partial charge in [0, 0.05) is 17.9 Å². The average molecular weight is 141 g/mol. The normalized spacial score (nSPS) is 43.5. The highest BCUT2D eigenvalue weighted by molar-refractivity contribution is 5.05. The van der Waals surface area contributed by atoms with Gasteiger partial charge >= 0.3 is 0 Å². The number of rotatable bonds is 3. The molecule has 0 aromatic heterocycles. The first-order valence-corrected chi connectivity index (χ1v) is 4.24. The second kappa shape index (κ2) is 2.51. The smallest absolute Gasteiger partial charge is 0.0513 e. The molecule has 1 saturated heterocycles. The van der Waals surface area contributed by atoms with Crippen molar-refractivity contribution in [2.75, 3.05) is 19.8 Å². The van der Waals surface area contributed by atoms with E-state index in [9.17, 15) is 0 Å². The molecule has 1 aliphatic heterocycles. The van der Waals surface area contributed by atoms with Crippen molar-refractivity contribution < 1.29 is 4.74 Å². The molecule has 0 aromatic rings. The standard InChI is InChI=1S/C8H15NO/c1-2-3-9-8-6-4-10-5-7(6)8/h6-9H,2-5H2,1H3. The van der Waals surface area contributed by atoms with Gasteiger partial charge in [-0.3, -0.25) is 0 Å². The molecule has 2 rings (SSSR count). The van der Waals surface area contributed by atoms with Crippen LogP contribution in [0.15, 0.2) is 0 Å². The predicted molar refractivity (Wildman–Crippen MR) is 39.9 cm³/mol. The van der Waals surface area contributed by atoms with Crippen molar-refractivity contribution in [3.05, 3.63) is 0 Å². The van der Waals surface area contributed by atoms with Crippen molar-refractivity contribution in [1.82, 2.24) is 5.32 Å². The molecule has 2 unspecified atom stereocenters. The van der Waals surface area contributed by atoms with Crippen LogP contribution in [0, 0.1) is 11.8 Å². The van der Waals surface area contributed by atoms with Gasteiger partial charge in [-0.15, -0.1) is 0 Å². The third-order valence-corrected chi connectivity index (χ3v) is 2.58. The van der Waals surface area contributed by atoms with Gasteiger partial charge in [0.05, 0.1) is 13.2 Å². The van der Waals surface area contributed by atoms with E-state index in [1.165, 1.54) is 13.0 Å². The van der Waals surface area contributed by atoms with Crippen LogP contribution in [0.5, 0.6) is 0 Å². The molecule has 0 bridgehead atoms. The summed E-state index contributed by atoms with van der Waals surface area (Å²) in [6.07, 6.45) is 1.25. The average Bonchev–Trinajstić information content (AvgIpc) is 2.46. The quantitative estimate of drug-likeness (QED) is 0.622. The van der Waals surface area contributed by atoms with Gasteiger partial charge in [0.25, 0.3) is 0 Å². The summed E-state index contributed by atoms with van der Waals surface area (Å²) >= 11 is 0. The van der Waals surface area contributed by atoms with E-state index >= 15 is 0 Å². The molecule has 0 aromatic carbocycles. The first-order valence-electron chi connectivity index (χ1n) is 4.24. The van der Waals surface area contributed by atoms with Gasteiger partial charge in [0.2, 0.25) is 0 Å². The maximum absolute atomic E-state index is 5.28. The van der Waals surface area contributed by atoms with Gasteiger partial charge in [-0.25, -0.2) is 0 Å². The first kappa shape index (κ1) is 6.62. The Balaban J connectivity index is 1.69. The van der Waals surface area contributed by atoms with Gasteiger partial charge < -0.3 is 10.1 Å². The number of hydrogen-bond acceptors (Lipinski definition) is 2. The zero-order valence-corrected chi connectivity index (χ0v) is 6.47. The van der Waals surface area contributed by atoms with Gasteiger partial charge in [-0.2, -0.15) is 0 Å². The molecule has 2 fully saturated rings. The van der Waals surface area contributed by atoms with Crippen LogP contribution in [0.3, 0.4) is 0 Å². The highest BCUT2D eigenvalue weighted by Crippen LogP contribution is 2.43. The van der Waals surface area contributed by atoms with Crippen molar-refractivity contribution in [2.24, 2.45) is 11.8 Å². The maximum Gasteiger partial charge on any atom is 0.0513 e. The molecule has 1 N–H and O–H groups in total. The third kappa shape index (κ3) is 0.956. The molecule has 1 aliphatic carbocycles. The summed E-state index contributed by atoms with van der Waals surface area (Å²) in [5.74, 6) is 1.73. The Hall–Kier alpha value is -0.0800. The Morgan fingerprint density at radius 1 is 1.40 bits per heavy atom. The fourth-order valence-electron chi connectivity index (χ4n) is 1.85. The van der Waals surface area contributed by atoms with E-state index < -0.39 is 0 Å². The van der Waals surface area contributed by atoms with Crippen LogP contribution < -0.4 is 5.32 Å². The third-order valence-electron chi connectivity index (χ3n) is 2.58. The van der Waals surface area contributed by atoms with Gasteiger partial charge in [0.15, 0.2) is 0 Å². The Labute approximate surface area is 61.9 Å². The lowest BCUT2D eigenvalue weighted by molar-refractivity contribution is 0.156. The second-order valence-corrected chi connectivity index (χ2v) is 3.35. The van der Waals surface area contributed by atoms with E-state index in [4.69, 9.17) is 4.74 Å². The topological polar surface area (TPSA) is 21.3 Å². The van der Waals surface area contributed by atoms with E-state index in [-0.39, 0.29) is 0 Å². The minimum absolute atomic E-state index is 0.814. The second-order valence-electron chi connectivity index (χ2n) is 3.35. The van der Waals surface area contributed by atoms with Gasteiger partial charge in [-0.1, -0.05) is 6.92 Å². The zero-order chi connectivity index (χ0) is 6.97. The Morgan fingerprint density at radius 2 is 2.10 bits per heavy atom. The summed E-state index contributed by atoms with van der Waals surface area (Å²) in [6.45, 7) is 5.40. The Morgan fingerprint density at radius 3 is 2.70 bits per heavy atom. The van der Waals surface area contributed by atoms with Crippen molar-refractivity contribution in [1.29, 1.82) is 0 Å². The molecule has 0 spiro atoms. The lowest BCUT2D eigenvalue weighted by atomic mass is 10.4. The summed E-state index contributed by atoms with van der Waals surface area (Å²) < 4.78 is 5.28. The molecule has 1 saturated carbocycles. The van der Waals surface area contributed by atoms with Crippen LogP contribution in [0.1, 0.15) is 13.3 Å². The van der Waals surface area contributed by atoms with Crippen LogP contribution >= 0.6 is 0 Å². The molecule has 0 radical (unpaired) electrons. The summed E-state index contributed by atoms with van der Waals surface area (Å²) in [4.78, 5) is 0. The van der Waals surface area contributed by atoms with Crippen LogP contribution in [0.25, 0.3) is 0 Å². The molecule has 2 atom stereocenters. The summed E-state index contributed by atoms with van der Waals surface area (Å²) in [5.41, 5.74) is 0. The van der Waals surface area contributed by atoms with E-state index in [0.29, 0.717) is 0 Å². The molecule has 2 heteroatoms. The number of hydrogen-bond donors (Lipinski definition) is 1. The number of nitrogens with one attached hydrogen (secondary N) is 1. The van der Waals surface area contributed by atoms with Crippen molar-refractivity contribution in [3.63, 3.8) is 0 Å². The lowest BCUT2D eigenvalue weighted by Crippen LogP contribution is -2.23. The van der Waals surface area contributed by atoms with Gasteiger partial charge in [-0.05, 0) is 13.0 Å². The SMILES string of the molecule is CCCNC1C2COCC21. The molecule has 10 heavy (non-hydrogen) atoms. The molecule has 2 nitrogen and oxygen atoms in total. The lowest BCUT2D eigenvalue weighted by Gasteiger charge is -2.04. The molecule has 0 amide bonds. The molecular weight excluding hydrogens is 126 g/mol. The molecule has 2 aliphatic rings. The summed E-state index contributed by atoms with van der Waals surface area (Å²) in [6, 6.07) is 0.814. The zero-order valence-electron chi connectivity index (χ0n) is 6.47. The first-order chi connectivity index (χ1) is 4.93. The molecule has 1 heterocycles. The summed E-state index contributed by atoms with van der Waals surface area (Å²) in [5, 5.41) is 3.53. The molecule has 58 valence electrons. The monoisotopic (exact) mass is 141 g/mol. The number of fused-ring (bicyclic) bond motifs is 1. The van der Waals surface area contributed by atoms with Crippen LogP contribution in [0.4, 0.5) is 0 Å². The van der Waals surface area contributed by atoms with Crippen LogP contribution in [0.2, 0.25) is 0 Å². The fourth-order valence-corrected chi connectivity index (χ4v) is 1.85. The fraction of sp³-hybridized carbons (Fsp3) is 1.00.